The summed E-state index contributed by atoms with van der Waals surface area (Å²) in [6.45, 7) is 0. The van der Waals surface area contributed by atoms with Crippen LogP contribution in [0.15, 0.2) is 24.3 Å². The molecule has 0 saturated carbocycles. The molecule has 0 fully saturated rings. The van der Waals surface area contributed by atoms with Crippen molar-refractivity contribution < 1.29 is 245 Å². The molecule has 0 aromatic heterocycles. The first-order valence-corrected chi connectivity index (χ1v) is 3.45. The van der Waals surface area contributed by atoms with E-state index in [1.807, 2.05) is 0 Å². The summed E-state index contributed by atoms with van der Waals surface area (Å²) in [4.78, 5) is 37.7. The van der Waals surface area contributed by atoms with Crippen molar-refractivity contribution in [1.82, 2.24) is 0 Å². The van der Waals surface area contributed by atoms with Gasteiger partial charge in [0.05, 0.1) is 23.9 Å². The van der Waals surface area contributed by atoms with Crippen LogP contribution in [0.3, 0.4) is 0 Å². The van der Waals surface area contributed by atoms with Crippen molar-refractivity contribution in [3.05, 3.63) is 24.3 Å². The van der Waals surface area contributed by atoms with Crippen LogP contribution in [0.1, 0.15) is 0 Å². The van der Waals surface area contributed by atoms with Gasteiger partial charge in [0.2, 0.25) is 0 Å². The van der Waals surface area contributed by atoms with Crippen LogP contribution < -0.4 is 226 Å². The Labute approximate surface area is 284 Å². The van der Waals surface area contributed by atoms with Crippen molar-refractivity contribution in [3.63, 3.8) is 0 Å². The van der Waals surface area contributed by atoms with Gasteiger partial charge in [0.1, 0.15) is 0 Å². The summed E-state index contributed by atoms with van der Waals surface area (Å²) in [7, 11) is 0. The summed E-state index contributed by atoms with van der Waals surface area (Å²) < 4.78 is 0. The maximum Gasteiger partial charge on any atom is 1.00 e. The molecule has 0 N–H and O–H groups in total. The number of rotatable bonds is 4. The van der Waals surface area contributed by atoms with Gasteiger partial charge in [0, 0.05) is 0 Å². The van der Waals surface area contributed by atoms with Gasteiger partial charge in [-0.15, -0.1) is 0 Å². The monoisotopic (exact) mass is 384 g/mol. The van der Waals surface area contributed by atoms with Crippen LogP contribution in [-0.2, 0) is 19.2 Å². The van der Waals surface area contributed by atoms with Gasteiger partial charge in [0.15, 0.2) is 0 Å². The molecule has 0 aliphatic rings. The van der Waals surface area contributed by atoms with E-state index in [2.05, 4.69) is 0 Å². The Morgan fingerprint density at radius 2 is 0.550 bits per heavy atom. The molecule has 8 nitrogen and oxygen atoms in total. The first-order chi connectivity index (χ1) is 7.25. The number of hydrogen-bond acceptors (Lipinski definition) is 8. The molecule has 0 aliphatic carbocycles. The van der Waals surface area contributed by atoms with Gasteiger partial charge in [-0.1, -0.05) is 0 Å². The number of carboxylic acid groups (broad SMARTS) is 4. The molecule has 20 heavy (non-hydrogen) atoms. The van der Waals surface area contributed by atoms with Gasteiger partial charge in [0.25, 0.3) is 0 Å². The van der Waals surface area contributed by atoms with E-state index >= 15 is 0 Å². The van der Waals surface area contributed by atoms with E-state index in [9.17, 15) is 39.6 Å². The Balaban J connectivity index is -0.0000000408. The maximum absolute atomic E-state index is 9.41. The molecule has 0 amide bonds. The average molecular weight is 385 g/mol. The normalized spacial score (nSPS) is 7.60. The maximum atomic E-state index is 9.41. The smallest absolute Gasteiger partial charge is 0.545 e. The number of aliphatic carboxylic acids is 4. The number of carbonyl (C=O) groups excluding carboxylic acids is 4. The van der Waals surface area contributed by atoms with Crippen molar-refractivity contribution >= 4 is 23.9 Å². The van der Waals surface area contributed by atoms with Crippen molar-refractivity contribution in [2.45, 2.75) is 0 Å². The standard InChI is InChI=1S/2C4H4O4.4K/c2*5-3(6)1-2-4(7)8;;;;/h2*1-2H,(H,5,6)(H,7,8);;;;/q;;4*+1/p-4/b2*2-1-;;;;. The average Bonchev–Trinajstić information content (AvgIpc) is 2.12. The van der Waals surface area contributed by atoms with Gasteiger partial charge >= 0.3 is 206 Å². The van der Waals surface area contributed by atoms with E-state index in [-0.39, 0.29) is 206 Å². The zero-order chi connectivity index (χ0) is 13.1. The molecular formula is C8H4K4O8. The minimum Gasteiger partial charge on any atom is -0.545 e. The Kier molecular flexibility index (Phi) is 54.3. The molecule has 12 heteroatoms. The third kappa shape index (κ3) is 49.5. The van der Waals surface area contributed by atoms with E-state index in [4.69, 9.17) is 0 Å². The summed E-state index contributed by atoms with van der Waals surface area (Å²) >= 11 is 0. The van der Waals surface area contributed by atoms with E-state index in [0.717, 1.165) is 0 Å². The van der Waals surface area contributed by atoms with Gasteiger partial charge in [-0.05, 0) is 24.3 Å². The van der Waals surface area contributed by atoms with Crippen molar-refractivity contribution in [3.8, 4) is 0 Å². The van der Waals surface area contributed by atoms with Crippen molar-refractivity contribution in [2.24, 2.45) is 0 Å². The molecule has 88 valence electrons. The summed E-state index contributed by atoms with van der Waals surface area (Å²) in [5, 5.41) is 37.7. The molecule has 0 heterocycles. The third-order valence-electron chi connectivity index (χ3n) is 0.711. The third-order valence-corrected chi connectivity index (χ3v) is 0.711. The Morgan fingerprint density at radius 1 is 0.450 bits per heavy atom. The molecule has 0 aromatic carbocycles. The van der Waals surface area contributed by atoms with Crippen LogP contribution in [0.2, 0.25) is 0 Å². The zero-order valence-corrected chi connectivity index (χ0v) is 24.1. The molecule has 0 bridgehead atoms. The molecule has 0 saturated heterocycles. The first-order valence-electron chi connectivity index (χ1n) is 3.45. The zero-order valence-electron chi connectivity index (χ0n) is 11.6. The fraction of sp³-hybridized carbons (Fsp3) is 0. The number of carbonyl (C=O) groups is 4. The van der Waals surface area contributed by atoms with E-state index < -0.39 is 23.9 Å². The number of hydrogen-bond donors (Lipinski definition) is 0. The second kappa shape index (κ2) is 27.7. The Hall–Kier alpha value is 3.91. The van der Waals surface area contributed by atoms with Crippen LogP contribution in [0.4, 0.5) is 0 Å². The molecule has 0 rings (SSSR count). The van der Waals surface area contributed by atoms with Gasteiger partial charge < -0.3 is 39.6 Å². The second-order valence-corrected chi connectivity index (χ2v) is 1.94. The largest absolute Gasteiger partial charge is 1.00 e. The van der Waals surface area contributed by atoms with Gasteiger partial charge in [-0.25, -0.2) is 0 Å². The molecule has 0 radical (unpaired) electrons. The minimum absolute atomic E-state index is 0. The van der Waals surface area contributed by atoms with Crippen LogP contribution in [0, 0.1) is 0 Å². The van der Waals surface area contributed by atoms with E-state index in [1.54, 1.807) is 0 Å². The van der Waals surface area contributed by atoms with Crippen molar-refractivity contribution in [1.29, 1.82) is 0 Å². The molecule has 0 unspecified atom stereocenters. The van der Waals surface area contributed by atoms with Crippen LogP contribution in [-0.4, -0.2) is 23.9 Å². The summed E-state index contributed by atoms with van der Waals surface area (Å²) in [6.07, 6.45) is 1.54. The summed E-state index contributed by atoms with van der Waals surface area (Å²) in [5.74, 6) is -6.19. The van der Waals surface area contributed by atoms with E-state index in [1.165, 1.54) is 0 Å². The van der Waals surface area contributed by atoms with Gasteiger partial charge in [-0.3, -0.25) is 0 Å². The molecular weight excluding hydrogens is 380 g/mol. The predicted molar refractivity (Wildman–Crippen MR) is 38.3 cm³/mol. The molecule has 0 aliphatic heterocycles. The summed E-state index contributed by atoms with van der Waals surface area (Å²) in [5.41, 5.74) is 0. The molecule has 0 atom stereocenters. The van der Waals surface area contributed by atoms with Crippen LogP contribution >= 0.6 is 0 Å². The summed E-state index contributed by atoms with van der Waals surface area (Å²) in [6, 6.07) is 0. The van der Waals surface area contributed by atoms with Crippen LogP contribution in [0.5, 0.6) is 0 Å². The van der Waals surface area contributed by atoms with Gasteiger partial charge in [-0.2, -0.15) is 0 Å². The quantitative estimate of drug-likeness (QED) is 0.341. The minimum atomic E-state index is -1.55. The fourth-order valence-electron chi connectivity index (χ4n) is 0.272. The van der Waals surface area contributed by atoms with Crippen LogP contribution in [0.25, 0.3) is 0 Å². The Bertz CT molecular complexity index is 286. The SMILES string of the molecule is O=C([O-])/C=C\C(=O)[O-].O=C([O-])/C=C\C(=O)[O-].[K+].[K+].[K+].[K+]. The second-order valence-electron chi connectivity index (χ2n) is 1.94. The first kappa shape index (κ1) is 39.1. The van der Waals surface area contributed by atoms with E-state index in [0.29, 0.717) is 24.3 Å². The fourth-order valence-corrected chi connectivity index (χ4v) is 0.272. The predicted octanol–water partition coefficient (Wildman–Crippen LogP) is -17.9. The molecule has 0 spiro atoms. The Morgan fingerprint density at radius 3 is 0.600 bits per heavy atom. The van der Waals surface area contributed by atoms with Crippen molar-refractivity contribution in [2.75, 3.05) is 0 Å². The number of carboxylic acids is 4. The molecule has 0 aromatic rings. The topological polar surface area (TPSA) is 161 Å².